The highest BCUT2D eigenvalue weighted by Crippen LogP contribution is 2.32. The maximum Gasteiger partial charge on any atom is 0.164 e. The van der Waals surface area contributed by atoms with Crippen molar-refractivity contribution in [1.29, 1.82) is 0 Å². The molecule has 5 heteroatoms. The average Bonchev–Trinajstić information content (AvgIpc) is 2.44. The van der Waals surface area contributed by atoms with E-state index >= 15 is 0 Å². The van der Waals surface area contributed by atoms with Gasteiger partial charge in [-0.1, -0.05) is 42.3 Å². The number of rotatable bonds is 7. The smallest absolute Gasteiger partial charge is 0.164 e. The molecule has 0 fully saturated rings. The Labute approximate surface area is 124 Å². The third-order valence-corrected chi connectivity index (χ3v) is 3.35. The highest BCUT2D eigenvalue weighted by Gasteiger charge is 2.13. The molecule has 1 rings (SSSR count). The molecule has 106 valence electrons. The Balaban J connectivity index is 2.95. The average molecular weight is 304 g/mol. The second-order valence-corrected chi connectivity index (χ2v) is 4.87. The number of halogens is 2. The van der Waals surface area contributed by atoms with Crippen LogP contribution in [0.25, 0.3) is 0 Å². The number of benzene rings is 1. The SMILES string of the molecule is CCC(N)Cc1cccc(OC)c1OCC(Cl)=CCl. The van der Waals surface area contributed by atoms with E-state index in [0.29, 0.717) is 16.5 Å². The lowest BCUT2D eigenvalue weighted by molar-refractivity contribution is 0.319. The zero-order valence-corrected chi connectivity index (χ0v) is 12.7. The summed E-state index contributed by atoms with van der Waals surface area (Å²) in [6, 6.07) is 5.83. The van der Waals surface area contributed by atoms with Crippen molar-refractivity contribution in [3.05, 3.63) is 34.3 Å². The monoisotopic (exact) mass is 303 g/mol. The van der Waals surface area contributed by atoms with E-state index in [1.807, 2.05) is 18.2 Å². The summed E-state index contributed by atoms with van der Waals surface area (Å²) in [5.74, 6) is 1.34. The number of para-hydroxylation sites is 1. The highest BCUT2D eigenvalue weighted by atomic mass is 35.5. The van der Waals surface area contributed by atoms with Crippen LogP contribution in [-0.2, 0) is 6.42 Å². The summed E-state index contributed by atoms with van der Waals surface area (Å²) in [5.41, 5.74) is 8.29. The summed E-state index contributed by atoms with van der Waals surface area (Å²) in [5, 5.41) is 0.429. The van der Waals surface area contributed by atoms with Gasteiger partial charge in [-0.3, -0.25) is 0 Å². The first kappa shape index (κ1) is 16.2. The van der Waals surface area contributed by atoms with Crippen molar-refractivity contribution < 1.29 is 9.47 Å². The molecule has 0 heterocycles. The van der Waals surface area contributed by atoms with Gasteiger partial charge in [0, 0.05) is 11.6 Å². The van der Waals surface area contributed by atoms with Gasteiger partial charge in [0.2, 0.25) is 0 Å². The molecule has 0 aliphatic heterocycles. The summed E-state index contributed by atoms with van der Waals surface area (Å²) in [6.07, 6.45) is 1.63. The zero-order chi connectivity index (χ0) is 14.3. The molecular weight excluding hydrogens is 285 g/mol. The lowest BCUT2D eigenvalue weighted by Crippen LogP contribution is -2.21. The van der Waals surface area contributed by atoms with Gasteiger partial charge in [-0.15, -0.1) is 0 Å². The van der Waals surface area contributed by atoms with Crippen LogP contribution in [0.4, 0.5) is 0 Å². The minimum Gasteiger partial charge on any atom is -0.493 e. The number of ether oxygens (including phenoxy) is 2. The first-order valence-electron chi connectivity index (χ1n) is 6.11. The molecule has 1 atom stereocenters. The number of nitrogens with two attached hydrogens (primary N) is 1. The van der Waals surface area contributed by atoms with Gasteiger partial charge in [0.25, 0.3) is 0 Å². The van der Waals surface area contributed by atoms with Crippen molar-refractivity contribution in [3.8, 4) is 11.5 Å². The van der Waals surface area contributed by atoms with Gasteiger partial charge in [-0.05, 0) is 24.5 Å². The molecule has 0 radical (unpaired) electrons. The van der Waals surface area contributed by atoms with Crippen molar-refractivity contribution in [3.63, 3.8) is 0 Å². The van der Waals surface area contributed by atoms with E-state index in [4.69, 9.17) is 38.4 Å². The second-order valence-electron chi connectivity index (χ2n) is 4.17. The van der Waals surface area contributed by atoms with Crippen molar-refractivity contribution >= 4 is 23.2 Å². The maximum atomic E-state index is 5.99. The van der Waals surface area contributed by atoms with E-state index in [1.165, 1.54) is 5.54 Å². The fourth-order valence-electron chi connectivity index (χ4n) is 1.65. The van der Waals surface area contributed by atoms with Crippen molar-refractivity contribution in [2.45, 2.75) is 25.8 Å². The van der Waals surface area contributed by atoms with Gasteiger partial charge < -0.3 is 15.2 Å². The Hall–Kier alpha value is -0.900. The molecule has 19 heavy (non-hydrogen) atoms. The molecule has 2 N–H and O–H groups in total. The van der Waals surface area contributed by atoms with E-state index in [9.17, 15) is 0 Å². The van der Waals surface area contributed by atoms with Gasteiger partial charge in [-0.25, -0.2) is 0 Å². The van der Waals surface area contributed by atoms with Gasteiger partial charge >= 0.3 is 0 Å². The predicted molar refractivity (Wildman–Crippen MR) is 80.2 cm³/mol. The Bertz CT molecular complexity index is 435. The standard InChI is InChI=1S/C14H19Cl2NO2/c1-3-12(17)7-10-5-4-6-13(18-2)14(10)19-9-11(16)8-15/h4-6,8,12H,3,7,9,17H2,1-2H3. The van der Waals surface area contributed by atoms with Crippen LogP contribution in [0.2, 0.25) is 0 Å². The van der Waals surface area contributed by atoms with E-state index in [0.717, 1.165) is 18.4 Å². The normalized spacial score (nSPS) is 13.2. The number of hydrogen-bond acceptors (Lipinski definition) is 3. The third kappa shape index (κ3) is 4.94. The van der Waals surface area contributed by atoms with E-state index in [1.54, 1.807) is 7.11 Å². The lowest BCUT2D eigenvalue weighted by Gasteiger charge is -2.16. The van der Waals surface area contributed by atoms with Crippen LogP contribution in [0.15, 0.2) is 28.8 Å². The minimum atomic E-state index is 0.0912. The molecule has 0 amide bonds. The van der Waals surface area contributed by atoms with Crippen molar-refractivity contribution in [2.24, 2.45) is 5.73 Å². The maximum absolute atomic E-state index is 5.99. The van der Waals surface area contributed by atoms with Crippen LogP contribution >= 0.6 is 23.2 Å². The van der Waals surface area contributed by atoms with E-state index < -0.39 is 0 Å². The molecule has 3 nitrogen and oxygen atoms in total. The van der Waals surface area contributed by atoms with Crippen LogP contribution in [0.1, 0.15) is 18.9 Å². The van der Waals surface area contributed by atoms with Crippen LogP contribution in [-0.4, -0.2) is 19.8 Å². The first-order valence-corrected chi connectivity index (χ1v) is 6.92. The van der Waals surface area contributed by atoms with Gasteiger partial charge in [0.05, 0.1) is 12.1 Å². The molecule has 1 aromatic rings. The van der Waals surface area contributed by atoms with E-state index in [2.05, 4.69) is 6.92 Å². The molecule has 1 aromatic carbocycles. The summed E-state index contributed by atoms with van der Waals surface area (Å²) >= 11 is 11.3. The second kappa shape index (κ2) is 8.31. The summed E-state index contributed by atoms with van der Waals surface area (Å²) in [6.45, 7) is 2.26. The van der Waals surface area contributed by atoms with Gasteiger partial charge in [0.1, 0.15) is 6.61 Å². The number of hydrogen-bond donors (Lipinski definition) is 1. The molecular formula is C14H19Cl2NO2. The van der Waals surface area contributed by atoms with Crippen LogP contribution in [0.5, 0.6) is 11.5 Å². The van der Waals surface area contributed by atoms with Gasteiger partial charge in [0.15, 0.2) is 11.5 Å². The highest BCUT2D eigenvalue weighted by molar-refractivity contribution is 6.36. The zero-order valence-electron chi connectivity index (χ0n) is 11.2. The topological polar surface area (TPSA) is 44.5 Å². The third-order valence-electron chi connectivity index (χ3n) is 2.76. The molecule has 0 spiro atoms. The Kier molecular flexibility index (Phi) is 7.06. The van der Waals surface area contributed by atoms with Crippen molar-refractivity contribution in [1.82, 2.24) is 0 Å². The summed E-state index contributed by atoms with van der Waals surface area (Å²) < 4.78 is 11.0. The molecule has 0 aliphatic rings. The first-order chi connectivity index (χ1) is 9.12. The number of methoxy groups -OCH3 is 1. The molecule has 1 unspecified atom stereocenters. The summed E-state index contributed by atoms with van der Waals surface area (Å²) in [7, 11) is 1.60. The largest absolute Gasteiger partial charge is 0.493 e. The predicted octanol–water partition coefficient (Wildman–Crippen LogP) is 3.67. The Morgan fingerprint density at radius 3 is 2.79 bits per heavy atom. The summed E-state index contributed by atoms with van der Waals surface area (Å²) in [4.78, 5) is 0. The molecule has 0 saturated heterocycles. The molecule has 0 saturated carbocycles. The molecule has 0 aliphatic carbocycles. The quantitative estimate of drug-likeness (QED) is 0.836. The molecule has 0 aromatic heterocycles. The molecule has 0 bridgehead atoms. The fourth-order valence-corrected chi connectivity index (χ4v) is 1.76. The van der Waals surface area contributed by atoms with Crippen molar-refractivity contribution in [2.75, 3.05) is 13.7 Å². The van der Waals surface area contributed by atoms with E-state index in [-0.39, 0.29) is 12.6 Å². The van der Waals surface area contributed by atoms with Crippen LogP contribution < -0.4 is 15.2 Å². The Morgan fingerprint density at radius 1 is 1.47 bits per heavy atom. The van der Waals surface area contributed by atoms with Crippen LogP contribution in [0, 0.1) is 0 Å². The lowest BCUT2D eigenvalue weighted by atomic mass is 10.0. The van der Waals surface area contributed by atoms with Crippen LogP contribution in [0.3, 0.4) is 0 Å². The Morgan fingerprint density at radius 2 is 2.21 bits per heavy atom. The fraction of sp³-hybridized carbons (Fsp3) is 0.429. The minimum absolute atomic E-state index is 0.0912. The van der Waals surface area contributed by atoms with Gasteiger partial charge in [-0.2, -0.15) is 0 Å².